The average molecular weight is 529 g/mol. The van der Waals surface area contributed by atoms with Crippen molar-refractivity contribution in [1.29, 1.82) is 0 Å². The van der Waals surface area contributed by atoms with Gasteiger partial charge in [0.2, 0.25) is 15.9 Å². The van der Waals surface area contributed by atoms with Crippen LogP contribution in [-0.4, -0.2) is 111 Å². The summed E-state index contributed by atoms with van der Waals surface area (Å²) in [5.74, 6) is -0.600. The Morgan fingerprint density at radius 1 is 1.00 bits per heavy atom. The van der Waals surface area contributed by atoms with Crippen LogP contribution in [0.2, 0.25) is 0 Å². The molecule has 0 aliphatic carbocycles. The van der Waals surface area contributed by atoms with Gasteiger partial charge in [-0.1, -0.05) is 6.42 Å². The van der Waals surface area contributed by atoms with Crippen LogP contribution in [0, 0.1) is 5.92 Å². The normalized spacial score (nSPS) is 26.1. The number of carbonyl (C=O) groups excluding carboxylic acids is 1. The Kier molecular flexibility index (Phi) is 8.13. The molecule has 13 heteroatoms. The molecule has 4 heterocycles. The van der Waals surface area contributed by atoms with Crippen molar-refractivity contribution in [1.82, 2.24) is 23.4 Å². The first kappa shape index (κ1) is 26.4. The van der Waals surface area contributed by atoms with Crippen LogP contribution in [0.3, 0.4) is 0 Å². The number of amides is 1. The molecule has 0 saturated carbocycles. The predicted molar refractivity (Wildman–Crippen MR) is 131 cm³/mol. The number of carbonyl (C=O) groups is 1. The second kappa shape index (κ2) is 10.8. The van der Waals surface area contributed by atoms with Crippen LogP contribution in [0.5, 0.6) is 0 Å². The van der Waals surface area contributed by atoms with Crippen molar-refractivity contribution in [2.75, 3.05) is 58.6 Å². The highest BCUT2D eigenvalue weighted by Crippen LogP contribution is 2.29. The molecule has 0 unspecified atom stereocenters. The molecule has 3 saturated heterocycles. The minimum Gasteiger partial charge on any atom is -0.340 e. The number of piperazine rings is 1. The Morgan fingerprint density at radius 3 is 2.31 bits per heavy atom. The molecule has 2 atom stereocenters. The van der Waals surface area contributed by atoms with Crippen molar-refractivity contribution in [3.8, 4) is 0 Å². The van der Waals surface area contributed by atoms with E-state index in [1.807, 2.05) is 0 Å². The number of hydrogen-bond donors (Lipinski definition) is 1. The summed E-state index contributed by atoms with van der Waals surface area (Å²) in [6.45, 7) is 3.54. The van der Waals surface area contributed by atoms with E-state index in [1.54, 1.807) is 11.0 Å². The lowest BCUT2D eigenvalue weighted by Gasteiger charge is -2.44. The summed E-state index contributed by atoms with van der Waals surface area (Å²) < 4.78 is 53.7. The summed E-state index contributed by atoms with van der Waals surface area (Å²) in [5, 5.41) is -0.0484. The second-order valence-corrected chi connectivity index (χ2v) is 13.6. The monoisotopic (exact) mass is 528 g/mol. The molecule has 11 nitrogen and oxygen atoms in total. The fraction of sp³-hybridized carbons (Fsp3) is 0.727. The molecule has 4 rings (SSSR count). The zero-order valence-electron chi connectivity index (χ0n) is 20.3. The predicted octanol–water partition coefficient (Wildman–Crippen LogP) is -0.491. The van der Waals surface area contributed by atoms with Crippen molar-refractivity contribution in [2.45, 2.75) is 43.3 Å². The number of rotatable bonds is 6. The summed E-state index contributed by atoms with van der Waals surface area (Å²) in [6.07, 6.45) is 6.50. The van der Waals surface area contributed by atoms with Gasteiger partial charge in [0.1, 0.15) is 0 Å². The van der Waals surface area contributed by atoms with Gasteiger partial charge in [0.25, 0.3) is 10.0 Å². The molecule has 1 aromatic heterocycles. The highest BCUT2D eigenvalue weighted by Gasteiger charge is 2.42. The van der Waals surface area contributed by atoms with Crippen LogP contribution in [0.15, 0.2) is 23.4 Å². The van der Waals surface area contributed by atoms with Gasteiger partial charge in [-0.25, -0.2) is 21.8 Å². The largest absolute Gasteiger partial charge is 0.340 e. The van der Waals surface area contributed by atoms with Crippen LogP contribution >= 0.6 is 0 Å². The Labute approximate surface area is 208 Å². The number of pyridine rings is 1. The summed E-state index contributed by atoms with van der Waals surface area (Å²) >= 11 is 0. The van der Waals surface area contributed by atoms with E-state index in [0.717, 1.165) is 32.4 Å². The first-order valence-electron chi connectivity index (χ1n) is 12.2. The highest BCUT2D eigenvalue weighted by atomic mass is 32.2. The standard InChI is InChI=1S/C22H36N6O5S2/c1-34(30,31)27-11-9-26(10-12-27)22(29)19-14-20(25-7-3-2-4-8-25)17-28(16-19)35(32,33)21-13-18(15-23)5-6-24-21/h5-6,13,19-20H,2-4,7-12,14-17,23H2,1H3/t19-,20+/m0/s1. The van der Waals surface area contributed by atoms with E-state index in [2.05, 4.69) is 9.88 Å². The lowest BCUT2D eigenvalue weighted by molar-refractivity contribution is -0.138. The maximum absolute atomic E-state index is 13.6. The van der Waals surface area contributed by atoms with Gasteiger partial charge in [0.15, 0.2) is 5.03 Å². The number of aromatic nitrogens is 1. The van der Waals surface area contributed by atoms with Crippen LogP contribution in [-0.2, 0) is 31.4 Å². The second-order valence-electron chi connectivity index (χ2n) is 9.70. The van der Waals surface area contributed by atoms with Gasteiger partial charge in [0, 0.05) is 58.1 Å². The van der Waals surface area contributed by atoms with Gasteiger partial charge >= 0.3 is 0 Å². The lowest BCUT2D eigenvalue weighted by atomic mass is 9.92. The van der Waals surface area contributed by atoms with Crippen LogP contribution < -0.4 is 5.73 Å². The van der Waals surface area contributed by atoms with E-state index in [9.17, 15) is 21.6 Å². The van der Waals surface area contributed by atoms with Gasteiger partial charge in [-0.15, -0.1) is 0 Å². The molecule has 3 fully saturated rings. The molecule has 196 valence electrons. The zero-order chi connectivity index (χ0) is 25.2. The van der Waals surface area contributed by atoms with Crippen LogP contribution in [0.4, 0.5) is 0 Å². The molecule has 3 aliphatic heterocycles. The highest BCUT2D eigenvalue weighted by molar-refractivity contribution is 7.89. The van der Waals surface area contributed by atoms with Gasteiger partial charge in [0.05, 0.1) is 12.2 Å². The first-order valence-corrected chi connectivity index (χ1v) is 15.5. The Hall–Kier alpha value is -1.64. The van der Waals surface area contributed by atoms with Crippen molar-refractivity contribution >= 4 is 26.0 Å². The Balaban J connectivity index is 1.55. The number of nitrogens with two attached hydrogens (primary N) is 1. The summed E-state index contributed by atoms with van der Waals surface area (Å²) in [5.41, 5.74) is 6.39. The third kappa shape index (κ3) is 6.03. The minimum absolute atomic E-state index is 0.0484. The quantitative estimate of drug-likeness (QED) is 0.522. The number of hydrogen-bond acceptors (Lipinski definition) is 8. The maximum atomic E-state index is 13.6. The van der Waals surface area contributed by atoms with E-state index < -0.39 is 26.0 Å². The molecular formula is C22H36N6O5S2. The zero-order valence-corrected chi connectivity index (χ0v) is 21.9. The van der Waals surface area contributed by atoms with Crippen LogP contribution in [0.25, 0.3) is 0 Å². The van der Waals surface area contributed by atoms with Gasteiger partial charge in [-0.05, 0) is 50.0 Å². The van der Waals surface area contributed by atoms with E-state index >= 15 is 0 Å². The molecule has 3 aliphatic rings. The van der Waals surface area contributed by atoms with E-state index in [0.29, 0.717) is 31.6 Å². The molecule has 0 aromatic carbocycles. The van der Waals surface area contributed by atoms with Gasteiger partial charge in [-0.2, -0.15) is 8.61 Å². The molecule has 0 radical (unpaired) electrons. The van der Waals surface area contributed by atoms with Crippen LogP contribution in [0.1, 0.15) is 31.2 Å². The number of nitrogens with zero attached hydrogens (tertiary/aromatic N) is 5. The van der Waals surface area contributed by atoms with Crippen molar-refractivity contribution in [3.05, 3.63) is 23.9 Å². The average Bonchev–Trinajstić information content (AvgIpc) is 2.88. The van der Waals surface area contributed by atoms with Crippen molar-refractivity contribution in [3.63, 3.8) is 0 Å². The Morgan fingerprint density at radius 2 is 1.69 bits per heavy atom. The molecule has 35 heavy (non-hydrogen) atoms. The minimum atomic E-state index is -3.91. The SMILES string of the molecule is CS(=O)(=O)N1CCN(C(=O)[C@H]2C[C@@H](N3CCCCC3)CN(S(=O)(=O)c3cc(CN)ccn3)C2)CC1. The first-order chi connectivity index (χ1) is 16.6. The van der Waals surface area contributed by atoms with E-state index in [4.69, 9.17) is 5.73 Å². The molecule has 1 aromatic rings. The topological polar surface area (TPSA) is 137 Å². The molecular weight excluding hydrogens is 492 g/mol. The molecule has 0 bridgehead atoms. The lowest BCUT2D eigenvalue weighted by Crippen LogP contribution is -2.58. The van der Waals surface area contributed by atoms with Crippen molar-refractivity contribution in [2.24, 2.45) is 11.7 Å². The number of likely N-dealkylation sites (tertiary alicyclic amines) is 1. The van der Waals surface area contributed by atoms with Gasteiger partial charge < -0.3 is 10.6 Å². The molecule has 0 spiro atoms. The number of piperidine rings is 2. The summed E-state index contributed by atoms with van der Waals surface area (Å²) in [6, 6.07) is 3.14. The maximum Gasteiger partial charge on any atom is 0.260 e. The smallest absolute Gasteiger partial charge is 0.260 e. The third-order valence-corrected chi connectivity index (χ3v) is 10.3. The molecule has 1 amide bonds. The number of sulfonamides is 2. The summed E-state index contributed by atoms with van der Waals surface area (Å²) in [7, 11) is -7.21. The Bertz CT molecular complexity index is 1110. The summed E-state index contributed by atoms with van der Waals surface area (Å²) in [4.78, 5) is 21.6. The van der Waals surface area contributed by atoms with E-state index in [-0.39, 0.29) is 43.2 Å². The fourth-order valence-electron chi connectivity index (χ4n) is 5.31. The van der Waals surface area contributed by atoms with Crippen molar-refractivity contribution < 1.29 is 21.6 Å². The third-order valence-electron chi connectivity index (χ3n) is 7.31. The van der Waals surface area contributed by atoms with E-state index in [1.165, 1.54) is 27.1 Å². The fourth-order valence-corrected chi connectivity index (χ4v) is 7.64. The van der Waals surface area contributed by atoms with Gasteiger partial charge in [-0.3, -0.25) is 9.69 Å². The molecule has 2 N–H and O–H groups in total.